The van der Waals surface area contributed by atoms with Crippen LogP contribution in [-0.4, -0.2) is 47.0 Å². The topological polar surface area (TPSA) is 74.2 Å². The molecule has 0 bridgehead atoms. The van der Waals surface area contributed by atoms with Crippen molar-refractivity contribution in [1.82, 2.24) is 15.0 Å². The molecule has 0 unspecified atom stereocenters. The van der Waals surface area contributed by atoms with E-state index >= 15 is 0 Å². The second-order valence-electron chi connectivity index (χ2n) is 7.75. The van der Waals surface area contributed by atoms with Gasteiger partial charge >= 0.3 is 0 Å². The molecule has 4 heterocycles. The molecule has 7 heteroatoms. The van der Waals surface area contributed by atoms with E-state index in [2.05, 4.69) is 36.1 Å². The zero-order valence-corrected chi connectivity index (χ0v) is 16.5. The first-order valence-corrected chi connectivity index (χ1v) is 10.2. The Bertz CT molecular complexity index is 795. The van der Waals surface area contributed by atoms with Crippen LogP contribution in [0.3, 0.4) is 0 Å². The molecule has 2 aliphatic heterocycles. The molecular formula is C21H28N6O. The van der Waals surface area contributed by atoms with Gasteiger partial charge < -0.3 is 15.1 Å². The first kappa shape index (κ1) is 18.7. The lowest BCUT2D eigenvalue weighted by atomic mass is 9.96. The SMILES string of the molecule is Cc1ccc(NC(=O)C2CCN(c3cc(N4CCCCC4)ncn3)CC2)nc1. The van der Waals surface area contributed by atoms with Crippen LogP contribution in [0.4, 0.5) is 17.5 Å². The third-order valence-corrected chi connectivity index (χ3v) is 5.67. The summed E-state index contributed by atoms with van der Waals surface area (Å²) in [7, 11) is 0. The van der Waals surface area contributed by atoms with Crippen molar-refractivity contribution in [2.24, 2.45) is 5.92 Å². The molecule has 2 aromatic heterocycles. The molecule has 0 spiro atoms. The highest BCUT2D eigenvalue weighted by Crippen LogP contribution is 2.26. The average Bonchev–Trinajstić information content (AvgIpc) is 2.76. The molecule has 1 amide bonds. The van der Waals surface area contributed by atoms with Crippen LogP contribution in [0.5, 0.6) is 0 Å². The van der Waals surface area contributed by atoms with Crippen molar-refractivity contribution in [3.8, 4) is 0 Å². The average molecular weight is 380 g/mol. The fourth-order valence-corrected chi connectivity index (χ4v) is 3.95. The first-order chi connectivity index (χ1) is 13.7. The fourth-order valence-electron chi connectivity index (χ4n) is 3.95. The molecule has 0 atom stereocenters. The van der Waals surface area contributed by atoms with Gasteiger partial charge in [0.1, 0.15) is 23.8 Å². The lowest BCUT2D eigenvalue weighted by molar-refractivity contribution is -0.120. The third kappa shape index (κ3) is 4.40. The van der Waals surface area contributed by atoms with E-state index in [4.69, 9.17) is 0 Å². The lowest BCUT2D eigenvalue weighted by Gasteiger charge is -2.33. The summed E-state index contributed by atoms with van der Waals surface area (Å²) in [5, 5.41) is 2.94. The van der Waals surface area contributed by atoms with Crippen molar-refractivity contribution in [3.63, 3.8) is 0 Å². The zero-order chi connectivity index (χ0) is 19.3. The predicted molar refractivity (Wildman–Crippen MR) is 111 cm³/mol. The first-order valence-electron chi connectivity index (χ1n) is 10.2. The monoisotopic (exact) mass is 380 g/mol. The van der Waals surface area contributed by atoms with Crippen molar-refractivity contribution in [3.05, 3.63) is 36.3 Å². The number of pyridine rings is 1. The Morgan fingerprint density at radius 1 is 0.964 bits per heavy atom. The normalized spacial score (nSPS) is 18.2. The van der Waals surface area contributed by atoms with Gasteiger partial charge in [0.05, 0.1) is 0 Å². The molecule has 2 saturated heterocycles. The minimum atomic E-state index is 0.0164. The van der Waals surface area contributed by atoms with Gasteiger partial charge in [-0.2, -0.15) is 0 Å². The molecule has 1 N–H and O–H groups in total. The number of aromatic nitrogens is 3. The van der Waals surface area contributed by atoms with Gasteiger partial charge in [0.15, 0.2) is 0 Å². The molecule has 2 aliphatic rings. The zero-order valence-electron chi connectivity index (χ0n) is 16.5. The van der Waals surface area contributed by atoms with Crippen LogP contribution < -0.4 is 15.1 Å². The minimum Gasteiger partial charge on any atom is -0.356 e. The van der Waals surface area contributed by atoms with E-state index in [-0.39, 0.29) is 11.8 Å². The van der Waals surface area contributed by atoms with E-state index in [0.29, 0.717) is 5.82 Å². The Morgan fingerprint density at radius 2 is 1.64 bits per heavy atom. The number of carbonyl (C=O) groups excluding carboxylic acids is 1. The van der Waals surface area contributed by atoms with Crippen molar-refractivity contribution >= 4 is 23.4 Å². The highest BCUT2D eigenvalue weighted by molar-refractivity contribution is 5.91. The molecule has 28 heavy (non-hydrogen) atoms. The molecule has 0 aromatic carbocycles. The summed E-state index contributed by atoms with van der Waals surface area (Å²) in [5.41, 5.74) is 1.08. The largest absolute Gasteiger partial charge is 0.356 e. The molecular weight excluding hydrogens is 352 g/mol. The molecule has 0 saturated carbocycles. The van der Waals surface area contributed by atoms with Crippen LogP contribution in [0, 0.1) is 12.8 Å². The van der Waals surface area contributed by atoms with Crippen molar-refractivity contribution in [2.45, 2.75) is 39.0 Å². The maximum atomic E-state index is 12.6. The number of hydrogen-bond acceptors (Lipinski definition) is 6. The van der Waals surface area contributed by atoms with Gasteiger partial charge in [0, 0.05) is 44.4 Å². The summed E-state index contributed by atoms with van der Waals surface area (Å²) in [6.07, 6.45) is 8.85. The summed E-state index contributed by atoms with van der Waals surface area (Å²) >= 11 is 0. The van der Waals surface area contributed by atoms with E-state index < -0.39 is 0 Å². The lowest BCUT2D eigenvalue weighted by Crippen LogP contribution is -2.39. The van der Waals surface area contributed by atoms with E-state index in [9.17, 15) is 4.79 Å². The van der Waals surface area contributed by atoms with E-state index in [1.165, 1.54) is 19.3 Å². The molecule has 0 aliphatic carbocycles. The van der Waals surface area contributed by atoms with E-state index in [0.717, 1.165) is 56.2 Å². The Balaban J connectivity index is 1.33. The van der Waals surface area contributed by atoms with Crippen molar-refractivity contribution in [2.75, 3.05) is 41.3 Å². The van der Waals surface area contributed by atoms with Gasteiger partial charge in [0.25, 0.3) is 0 Å². The number of amides is 1. The molecule has 7 nitrogen and oxygen atoms in total. The maximum Gasteiger partial charge on any atom is 0.228 e. The summed E-state index contributed by atoms with van der Waals surface area (Å²) in [4.78, 5) is 30.4. The smallest absolute Gasteiger partial charge is 0.228 e. The molecule has 148 valence electrons. The number of piperidine rings is 2. The summed E-state index contributed by atoms with van der Waals surface area (Å²) in [5.74, 6) is 2.69. The third-order valence-electron chi connectivity index (χ3n) is 5.67. The Hall–Kier alpha value is -2.70. The van der Waals surface area contributed by atoms with Crippen LogP contribution in [0.25, 0.3) is 0 Å². The Morgan fingerprint density at radius 3 is 2.29 bits per heavy atom. The van der Waals surface area contributed by atoms with Gasteiger partial charge in [-0.3, -0.25) is 4.79 Å². The van der Waals surface area contributed by atoms with Gasteiger partial charge in [-0.25, -0.2) is 15.0 Å². The quantitative estimate of drug-likeness (QED) is 0.879. The van der Waals surface area contributed by atoms with Crippen LogP contribution >= 0.6 is 0 Å². The van der Waals surface area contributed by atoms with Crippen molar-refractivity contribution in [1.29, 1.82) is 0 Å². The second kappa shape index (κ2) is 8.54. The van der Waals surface area contributed by atoms with Crippen LogP contribution in [-0.2, 0) is 4.79 Å². The highest BCUT2D eigenvalue weighted by atomic mass is 16.1. The number of aryl methyl sites for hydroxylation is 1. The summed E-state index contributed by atoms with van der Waals surface area (Å²) in [6.45, 7) is 5.79. The highest BCUT2D eigenvalue weighted by Gasteiger charge is 2.26. The molecule has 4 rings (SSSR count). The van der Waals surface area contributed by atoms with Gasteiger partial charge in [-0.05, 0) is 50.7 Å². The van der Waals surface area contributed by atoms with Crippen LogP contribution in [0.15, 0.2) is 30.7 Å². The number of rotatable bonds is 4. The summed E-state index contributed by atoms with van der Waals surface area (Å²) < 4.78 is 0. The van der Waals surface area contributed by atoms with Gasteiger partial charge in [-0.1, -0.05) is 6.07 Å². The minimum absolute atomic E-state index is 0.0164. The van der Waals surface area contributed by atoms with E-state index in [1.54, 1.807) is 12.5 Å². The number of nitrogens with one attached hydrogen (secondary N) is 1. The second-order valence-corrected chi connectivity index (χ2v) is 7.75. The molecule has 0 radical (unpaired) electrons. The van der Waals surface area contributed by atoms with E-state index in [1.807, 2.05) is 19.1 Å². The maximum absolute atomic E-state index is 12.6. The van der Waals surface area contributed by atoms with Gasteiger partial charge in [0.2, 0.25) is 5.91 Å². The summed E-state index contributed by atoms with van der Waals surface area (Å²) in [6, 6.07) is 5.91. The fraction of sp³-hybridized carbons (Fsp3) is 0.524. The number of nitrogens with zero attached hydrogens (tertiary/aromatic N) is 5. The number of hydrogen-bond donors (Lipinski definition) is 1. The van der Waals surface area contributed by atoms with Crippen LogP contribution in [0.2, 0.25) is 0 Å². The van der Waals surface area contributed by atoms with Crippen molar-refractivity contribution < 1.29 is 4.79 Å². The predicted octanol–water partition coefficient (Wildman–Crippen LogP) is 3.03. The molecule has 2 fully saturated rings. The van der Waals surface area contributed by atoms with Gasteiger partial charge in [-0.15, -0.1) is 0 Å². The Kier molecular flexibility index (Phi) is 5.69. The standard InChI is InChI=1S/C21H28N6O/c1-16-5-6-18(22-14-16)25-21(28)17-7-11-27(12-8-17)20-13-19(23-15-24-20)26-9-3-2-4-10-26/h5-6,13-15,17H,2-4,7-12H2,1H3,(H,22,25,28). The Labute approximate surface area is 166 Å². The molecule has 2 aromatic rings. The van der Waals surface area contributed by atoms with Crippen LogP contribution in [0.1, 0.15) is 37.7 Å². The number of carbonyl (C=O) groups is 1. The number of anilines is 3.